The Kier molecular flexibility index (Phi) is 3.45. The monoisotopic (exact) mass is 196 g/mol. The highest BCUT2D eigenvalue weighted by atomic mass is 15.2. The molecule has 2 saturated carbocycles. The van der Waals surface area contributed by atoms with Crippen LogP contribution in [-0.2, 0) is 0 Å². The molecule has 0 spiro atoms. The smallest absolute Gasteiger partial charge is 0.0246 e. The second-order valence-electron chi connectivity index (χ2n) is 5.10. The molecule has 2 fully saturated rings. The van der Waals surface area contributed by atoms with Gasteiger partial charge in [0, 0.05) is 18.6 Å². The first kappa shape index (κ1) is 10.4. The molecule has 0 saturated heterocycles. The van der Waals surface area contributed by atoms with E-state index in [1.54, 1.807) is 0 Å². The van der Waals surface area contributed by atoms with Gasteiger partial charge in [-0.05, 0) is 38.6 Å². The van der Waals surface area contributed by atoms with Crippen LogP contribution in [0.2, 0.25) is 0 Å². The lowest BCUT2D eigenvalue weighted by Crippen LogP contribution is -2.46. The van der Waals surface area contributed by atoms with Crippen LogP contribution in [0.15, 0.2) is 0 Å². The zero-order valence-corrected chi connectivity index (χ0v) is 9.41. The van der Waals surface area contributed by atoms with Crippen molar-refractivity contribution in [1.29, 1.82) is 0 Å². The highest BCUT2D eigenvalue weighted by Gasteiger charge is 2.35. The standard InChI is InChI=1S/C12H24N2/c1-14(11-5-3-2-4-6-11)12(9-13)10-7-8-10/h10-12H,2-9,13H2,1H3. The molecule has 0 bridgehead atoms. The second-order valence-corrected chi connectivity index (χ2v) is 5.10. The molecule has 0 aromatic rings. The van der Waals surface area contributed by atoms with E-state index in [4.69, 9.17) is 5.73 Å². The number of nitrogens with two attached hydrogens (primary N) is 1. The summed E-state index contributed by atoms with van der Waals surface area (Å²) < 4.78 is 0. The van der Waals surface area contributed by atoms with E-state index in [0.717, 1.165) is 18.5 Å². The Morgan fingerprint density at radius 3 is 2.29 bits per heavy atom. The van der Waals surface area contributed by atoms with E-state index in [9.17, 15) is 0 Å². The fourth-order valence-corrected chi connectivity index (χ4v) is 2.93. The van der Waals surface area contributed by atoms with Gasteiger partial charge in [-0.15, -0.1) is 0 Å². The van der Waals surface area contributed by atoms with E-state index >= 15 is 0 Å². The van der Waals surface area contributed by atoms with Crippen LogP contribution in [0.25, 0.3) is 0 Å². The molecular weight excluding hydrogens is 172 g/mol. The molecule has 2 rings (SSSR count). The van der Waals surface area contributed by atoms with Gasteiger partial charge in [-0.1, -0.05) is 19.3 Å². The Balaban J connectivity index is 1.86. The largest absolute Gasteiger partial charge is 0.329 e. The van der Waals surface area contributed by atoms with Crippen LogP contribution in [-0.4, -0.2) is 30.6 Å². The third kappa shape index (κ3) is 2.29. The summed E-state index contributed by atoms with van der Waals surface area (Å²) in [5.41, 5.74) is 5.88. The number of hydrogen-bond donors (Lipinski definition) is 1. The third-order valence-corrected chi connectivity index (χ3v) is 4.08. The van der Waals surface area contributed by atoms with Gasteiger partial charge >= 0.3 is 0 Å². The lowest BCUT2D eigenvalue weighted by atomic mass is 9.93. The van der Waals surface area contributed by atoms with Crippen LogP contribution in [0, 0.1) is 5.92 Å². The zero-order chi connectivity index (χ0) is 9.97. The molecule has 14 heavy (non-hydrogen) atoms. The average Bonchev–Trinajstić information content (AvgIpc) is 3.04. The first-order valence-electron chi connectivity index (χ1n) is 6.25. The van der Waals surface area contributed by atoms with E-state index < -0.39 is 0 Å². The Bertz CT molecular complexity index is 171. The fourth-order valence-electron chi connectivity index (χ4n) is 2.93. The molecule has 2 aliphatic carbocycles. The van der Waals surface area contributed by atoms with Gasteiger partial charge in [-0.3, -0.25) is 4.90 Å². The molecule has 0 aromatic heterocycles. The van der Waals surface area contributed by atoms with E-state index in [2.05, 4.69) is 11.9 Å². The summed E-state index contributed by atoms with van der Waals surface area (Å²) in [6, 6.07) is 1.51. The lowest BCUT2D eigenvalue weighted by molar-refractivity contribution is 0.127. The topological polar surface area (TPSA) is 29.3 Å². The van der Waals surface area contributed by atoms with E-state index in [1.807, 2.05) is 0 Å². The van der Waals surface area contributed by atoms with Crippen LogP contribution in [0.4, 0.5) is 0 Å². The fraction of sp³-hybridized carbons (Fsp3) is 1.00. The predicted octanol–water partition coefficient (Wildman–Crippen LogP) is 1.99. The Hall–Kier alpha value is -0.0800. The van der Waals surface area contributed by atoms with Crippen molar-refractivity contribution < 1.29 is 0 Å². The van der Waals surface area contributed by atoms with Crippen LogP contribution in [0.3, 0.4) is 0 Å². The molecule has 2 N–H and O–H groups in total. The maximum Gasteiger partial charge on any atom is 0.0246 e. The SMILES string of the molecule is CN(C1CCCCC1)C(CN)C1CC1. The summed E-state index contributed by atoms with van der Waals surface area (Å²) in [4.78, 5) is 2.59. The lowest BCUT2D eigenvalue weighted by Gasteiger charge is -2.37. The molecule has 1 atom stereocenters. The number of likely N-dealkylation sites (N-methyl/N-ethyl adjacent to an activating group) is 1. The summed E-state index contributed by atoms with van der Waals surface area (Å²) in [7, 11) is 2.30. The van der Waals surface area contributed by atoms with Gasteiger partial charge < -0.3 is 5.73 Å². The van der Waals surface area contributed by atoms with Crippen LogP contribution >= 0.6 is 0 Å². The molecule has 82 valence electrons. The Morgan fingerprint density at radius 1 is 1.14 bits per heavy atom. The van der Waals surface area contributed by atoms with Crippen molar-refractivity contribution in [3.63, 3.8) is 0 Å². The third-order valence-electron chi connectivity index (χ3n) is 4.08. The maximum atomic E-state index is 5.88. The van der Waals surface area contributed by atoms with Crippen molar-refractivity contribution in [3.8, 4) is 0 Å². The maximum absolute atomic E-state index is 5.88. The number of rotatable bonds is 4. The van der Waals surface area contributed by atoms with Gasteiger partial charge in [0.25, 0.3) is 0 Å². The molecule has 0 heterocycles. The highest BCUT2D eigenvalue weighted by molar-refractivity contribution is 4.90. The van der Waals surface area contributed by atoms with Gasteiger partial charge in [0.05, 0.1) is 0 Å². The van der Waals surface area contributed by atoms with Crippen molar-refractivity contribution >= 4 is 0 Å². The molecule has 0 radical (unpaired) electrons. The highest BCUT2D eigenvalue weighted by Crippen LogP contribution is 2.36. The Labute approximate surface area is 87.8 Å². The van der Waals surface area contributed by atoms with Crippen molar-refractivity contribution in [2.24, 2.45) is 11.7 Å². The van der Waals surface area contributed by atoms with Crippen molar-refractivity contribution in [3.05, 3.63) is 0 Å². The summed E-state index contributed by atoms with van der Waals surface area (Å²) in [6.07, 6.45) is 9.94. The van der Waals surface area contributed by atoms with Crippen molar-refractivity contribution in [2.75, 3.05) is 13.6 Å². The normalized spacial score (nSPS) is 26.8. The van der Waals surface area contributed by atoms with E-state index in [1.165, 1.54) is 44.9 Å². The first-order valence-corrected chi connectivity index (χ1v) is 6.25. The van der Waals surface area contributed by atoms with Gasteiger partial charge in [0.2, 0.25) is 0 Å². The summed E-state index contributed by atoms with van der Waals surface area (Å²) in [5, 5.41) is 0. The number of nitrogens with zero attached hydrogens (tertiary/aromatic N) is 1. The summed E-state index contributed by atoms with van der Waals surface area (Å²) in [6.45, 7) is 0.859. The molecule has 0 aromatic carbocycles. The summed E-state index contributed by atoms with van der Waals surface area (Å²) >= 11 is 0. The second kappa shape index (κ2) is 4.63. The van der Waals surface area contributed by atoms with Crippen molar-refractivity contribution in [2.45, 2.75) is 57.0 Å². The van der Waals surface area contributed by atoms with Gasteiger partial charge in [-0.25, -0.2) is 0 Å². The summed E-state index contributed by atoms with van der Waals surface area (Å²) in [5.74, 6) is 0.923. The molecular formula is C12H24N2. The van der Waals surface area contributed by atoms with E-state index in [0.29, 0.717) is 6.04 Å². The van der Waals surface area contributed by atoms with Gasteiger partial charge in [-0.2, -0.15) is 0 Å². The van der Waals surface area contributed by atoms with E-state index in [-0.39, 0.29) is 0 Å². The molecule has 2 heteroatoms. The molecule has 1 unspecified atom stereocenters. The predicted molar refractivity (Wildman–Crippen MR) is 60.2 cm³/mol. The average molecular weight is 196 g/mol. The Morgan fingerprint density at radius 2 is 1.79 bits per heavy atom. The zero-order valence-electron chi connectivity index (χ0n) is 9.41. The van der Waals surface area contributed by atoms with Crippen LogP contribution < -0.4 is 5.73 Å². The minimum absolute atomic E-state index is 0.679. The molecule has 0 amide bonds. The van der Waals surface area contributed by atoms with Crippen LogP contribution in [0.5, 0.6) is 0 Å². The quantitative estimate of drug-likeness (QED) is 0.745. The molecule has 2 nitrogen and oxygen atoms in total. The van der Waals surface area contributed by atoms with Gasteiger partial charge in [0.1, 0.15) is 0 Å². The van der Waals surface area contributed by atoms with Gasteiger partial charge in [0.15, 0.2) is 0 Å². The number of hydrogen-bond acceptors (Lipinski definition) is 2. The van der Waals surface area contributed by atoms with Crippen molar-refractivity contribution in [1.82, 2.24) is 4.90 Å². The first-order chi connectivity index (χ1) is 6.83. The minimum Gasteiger partial charge on any atom is -0.329 e. The molecule has 2 aliphatic rings. The molecule has 0 aliphatic heterocycles. The van der Waals surface area contributed by atoms with Crippen LogP contribution in [0.1, 0.15) is 44.9 Å². The minimum atomic E-state index is 0.679.